The summed E-state index contributed by atoms with van der Waals surface area (Å²) in [7, 11) is 0. The van der Waals surface area contributed by atoms with Gasteiger partial charge in [-0.2, -0.15) is 0 Å². The number of nitrogens with zero attached hydrogens (tertiary/aromatic N) is 4. The average Bonchev–Trinajstić information content (AvgIpc) is 3.80. The smallest absolute Gasteiger partial charge is 0.235 e. The molecule has 9 aromatic carbocycles. The zero-order valence-electron chi connectivity index (χ0n) is 31.7. The summed E-state index contributed by atoms with van der Waals surface area (Å²) in [4.78, 5) is 13.1. The van der Waals surface area contributed by atoms with E-state index in [1.54, 1.807) is 11.8 Å². The molecule has 12 aromatic rings. The minimum Gasteiger partial charge on any atom is -0.309 e. The minimum atomic E-state index is 0.679. The predicted molar refractivity (Wildman–Crippen MR) is 246 cm³/mol. The third kappa shape index (κ3) is 4.92. The van der Waals surface area contributed by atoms with Crippen LogP contribution >= 0.6 is 11.8 Å². The first kappa shape index (κ1) is 32.6. The molecule has 0 spiro atoms. The van der Waals surface area contributed by atoms with Crippen molar-refractivity contribution in [3.05, 3.63) is 194 Å². The molecule has 0 atom stereocenters. The van der Waals surface area contributed by atoms with Crippen LogP contribution in [0.5, 0.6) is 0 Å². The lowest BCUT2D eigenvalue weighted by atomic mass is 10.0. The van der Waals surface area contributed by atoms with Crippen LogP contribution in [0.25, 0.3) is 110 Å². The van der Waals surface area contributed by atoms with E-state index in [0.717, 1.165) is 50.0 Å². The second-order valence-corrected chi connectivity index (χ2v) is 16.5. The normalized spacial score (nSPS) is 12.3. The Hall–Kier alpha value is -7.47. The van der Waals surface area contributed by atoms with Crippen molar-refractivity contribution < 1.29 is 0 Å². The van der Waals surface area contributed by atoms with Crippen LogP contribution in [-0.4, -0.2) is 19.1 Å². The Bertz CT molecular complexity index is 3690. The summed E-state index contributed by atoms with van der Waals surface area (Å²) in [6.07, 6.45) is 0. The molecule has 1 aliphatic rings. The zero-order chi connectivity index (χ0) is 38.6. The first-order valence-corrected chi connectivity index (χ1v) is 20.8. The van der Waals surface area contributed by atoms with Crippen molar-refractivity contribution in [2.24, 2.45) is 0 Å². The Labute approximate surface area is 343 Å². The molecule has 4 nitrogen and oxygen atoms in total. The van der Waals surface area contributed by atoms with Gasteiger partial charge in [-0.25, -0.2) is 9.97 Å². The van der Waals surface area contributed by atoms with Gasteiger partial charge >= 0.3 is 0 Å². The molecule has 4 heterocycles. The van der Waals surface area contributed by atoms with E-state index in [0.29, 0.717) is 5.95 Å². The molecule has 0 unspecified atom stereocenters. The van der Waals surface area contributed by atoms with E-state index in [1.165, 1.54) is 64.3 Å². The molecule has 274 valence electrons. The van der Waals surface area contributed by atoms with Crippen LogP contribution in [0.1, 0.15) is 0 Å². The molecule has 0 saturated carbocycles. The SMILES string of the molecule is c1ccc(-c2ccc(-n3c4ccc(-c5ccc6c7ccccc7n(-c7nc8c9c(cccc9n7)Sc7ccccc7-8)c6c5)cc4c4cc5ccccc5cc43)cc2)cc1. The molecule has 0 radical (unpaired) electrons. The van der Waals surface area contributed by atoms with Crippen LogP contribution in [-0.2, 0) is 0 Å². The Kier molecular flexibility index (Phi) is 6.91. The summed E-state index contributed by atoms with van der Waals surface area (Å²) in [6, 6.07) is 70.3. The van der Waals surface area contributed by atoms with Crippen molar-refractivity contribution in [2.45, 2.75) is 9.79 Å². The largest absolute Gasteiger partial charge is 0.309 e. The molecule has 13 rings (SSSR count). The summed E-state index contributed by atoms with van der Waals surface area (Å²) in [5.41, 5.74) is 13.5. The van der Waals surface area contributed by atoms with Crippen molar-refractivity contribution >= 4 is 77.0 Å². The summed E-state index contributed by atoms with van der Waals surface area (Å²) in [6.45, 7) is 0. The van der Waals surface area contributed by atoms with E-state index in [-0.39, 0.29) is 0 Å². The number of rotatable bonds is 4. The third-order valence-corrected chi connectivity index (χ3v) is 13.2. The van der Waals surface area contributed by atoms with Gasteiger partial charge in [0.15, 0.2) is 0 Å². The van der Waals surface area contributed by atoms with Gasteiger partial charge in [0.1, 0.15) is 0 Å². The van der Waals surface area contributed by atoms with E-state index < -0.39 is 0 Å². The van der Waals surface area contributed by atoms with Crippen molar-refractivity contribution in [3.8, 4) is 45.1 Å². The maximum atomic E-state index is 5.41. The molecule has 0 fully saturated rings. The van der Waals surface area contributed by atoms with Gasteiger partial charge in [0, 0.05) is 48.0 Å². The summed E-state index contributed by atoms with van der Waals surface area (Å²) in [5, 5.41) is 8.40. The van der Waals surface area contributed by atoms with E-state index >= 15 is 0 Å². The van der Waals surface area contributed by atoms with E-state index in [4.69, 9.17) is 9.97 Å². The second kappa shape index (κ2) is 12.5. The van der Waals surface area contributed by atoms with Gasteiger partial charge in [0.05, 0.1) is 33.3 Å². The fourth-order valence-electron chi connectivity index (χ4n) is 9.35. The summed E-state index contributed by atoms with van der Waals surface area (Å²) < 4.78 is 4.68. The molecule has 3 aromatic heterocycles. The lowest BCUT2D eigenvalue weighted by Gasteiger charge is -2.20. The zero-order valence-corrected chi connectivity index (χ0v) is 32.5. The average molecular weight is 769 g/mol. The highest BCUT2D eigenvalue weighted by molar-refractivity contribution is 7.99. The molecular formula is C54H32N4S. The molecule has 0 amide bonds. The minimum absolute atomic E-state index is 0.679. The number of hydrogen-bond donors (Lipinski definition) is 0. The van der Waals surface area contributed by atoms with Gasteiger partial charge in [-0.3, -0.25) is 4.57 Å². The maximum absolute atomic E-state index is 5.41. The fourth-order valence-corrected chi connectivity index (χ4v) is 10.5. The molecular weight excluding hydrogens is 737 g/mol. The van der Waals surface area contributed by atoms with Gasteiger partial charge in [-0.1, -0.05) is 139 Å². The predicted octanol–water partition coefficient (Wildman–Crippen LogP) is 14.4. The molecule has 0 aliphatic carbocycles. The van der Waals surface area contributed by atoms with Crippen molar-refractivity contribution in [1.82, 2.24) is 19.1 Å². The number of fused-ring (bicyclic) bond motifs is 9. The maximum Gasteiger partial charge on any atom is 0.235 e. The standard InChI is InChI=1S/C54H32N4S/c1-2-11-33(12-3-1)34-21-25-39(26-22-34)57-47-28-24-37(30-43(47)44-29-35-13-4-5-14-36(35)31-49(44)57)38-23-27-41-40-15-6-8-18-46(40)58(48(41)32-38)54-55-45-17-10-20-51-52(45)53(56-54)42-16-7-9-19-50(42)59-51/h1-32H. The second-order valence-electron chi connectivity index (χ2n) is 15.4. The Morgan fingerprint density at radius 1 is 0.373 bits per heavy atom. The van der Waals surface area contributed by atoms with Crippen molar-refractivity contribution in [1.29, 1.82) is 0 Å². The highest BCUT2D eigenvalue weighted by atomic mass is 32.2. The van der Waals surface area contributed by atoms with Gasteiger partial charge in [-0.05, 0) is 99.8 Å². The first-order valence-electron chi connectivity index (χ1n) is 20.0. The topological polar surface area (TPSA) is 35.6 Å². The highest BCUT2D eigenvalue weighted by Crippen LogP contribution is 2.47. The molecule has 0 bridgehead atoms. The van der Waals surface area contributed by atoms with Crippen LogP contribution in [0.15, 0.2) is 204 Å². The van der Waals surface area contributed by atoms with Gasteiger partial charge in [-0.15, -0.1) is 0 Å². The van der Waals surface area contributed by atoms with E-state index in [2.05, 4.69) is 203 Å². The molecule has 0 saturated heterocycles. The quantitative estimate of drug-likeness (QED) is 0.179. The van der Waals surface area contributed by atoms with Crippen LogP contribution < -0.4 is 0 Å². The molecule has 59 heavy (non-hydrogen) atoms. The Morgan fingerprint density at radius 2 is 1.02 bits per heavy atom. The lowest BCUT2D eigenvalue weighted by Crippen LogP contribution is -2.05. The van der Waals surface area contributed by atoms with Crippen LogP contribution in [0.3, 0.4) is 0 Å². The third-order valence-electron chi connectivity index (χ3n) is 12.1. The monoisotopic (exact) mass is 768 g/mol. The molecule has 1 aliphatic heterocycles. The van der Waals surface area contributed by atoms with Crippen molar-refractivity contribution in [2.75, 3.05) is 0 Å². The summed E-state index contributed by atoms with van der Waals surface area (Å²) in [5.74, 6) is 0.679. The summed E-state index contributed by atoms with van der Waals surface area (Å²) >= 11 is 1.80. The molecule has 0 N–H and O–H groups in total. The van der Waals surface area contributed by atoms with Crippen molar-refractivity contribution in [3.63, 3.8) is 0 Å². The van der Waals surface area contributed by atoms with E-state index in [9.17, 15) is 0 Å². The van der Waals surface area contributed by atoms with Gasteiger partial charge in [0.25, 0.3) is 0 Å². The lowest BCUT2D eigenvalue weighted by molar-refractivity contribution is 1.01. The number of benzene rings is 9. The Balaban J connectivity index is 1.02. The van der Waals surface area contributed by atoms with Gasteiger partial charge in [0.2, 0.25) is 5.95 Å². The Morgan fingerprint density at radius 3 is 1.92 bits per heavy atom. The fraction of sp³-hybridized carbons (Fsp3) is 0. The van der Waals surface area contributed by atoms with Crippen LogP contribution in [0.2, 0.25) is 0 Å². The van der Waals surface area contributed by atoms with Gasteiger partial charge < -0.3 is 4.57 Å². The molecule has 5 heteroatoms. The highest BCUT2D eigenvalue weighted by Gasteiger charge is 2.24. The number of hydrogen-bond acceptors (Lipinski definition) is 3. The van der Waals surface area contributed by atoms with Crippen LogP contribution in [0.4, 0.5) is 0 Å². The first-order chi connectivity index (χ1) is 29.2. The van der Waals surface area contributed by atoms with Crippen LogP contribution in [0, 0.1) is 0 Å². The van der Waals surface area contributed by atoms with E-state index in [1.807, 2.05) is 0 Å². The number of aromatic nitrogens is 4. The number of para-hydroxylation sites is 1.